The Hall–Kier alpha value is -4.13. The molecule has 0 unspecified atom stereocenters. The zero-order valence-corrected chi connectivity index (χ0v) is 16.9. The molecule has 0 saturated carbocycles. The highest BCUT2D eigenvalue weighted by Gasteiger charge is 2.40. The van der Waals surface area contributed by atoms with Crippen LogP contribution >= 0.6 is 0 Å². The minimum absolute atomic E-state index is 0.0731. The Morgan fingerprint density at radius 3 is 2.19 bits per heavy atom. The fourth-order valence-corrected chi connectivity index (χ4v) is 3.38. The topological polar surface area (TPSA) is 67.9 Å². The lowest BCUT2D eigenvalue weighted by Gasteiger charge is -2.16. The number of imide groups is 1. The molecule has 7 heteroatoms. The van der Waals surface area contributed by atoms with Crippen molar-refractivity contribution in [1.82, 2.24) is 0 Å². The van der Waals surface area contributed by atoms with Gasteiger partial charge in [0.1, 0.15) is 23.0 Å². The normalized spacial score (nSPS) is 13.6. The minimum Gasteiger partial charge on any atom is -0.497 e. The van der Waals surface area contributed by atoms with Crippen molar-refractivity contribution in [3.05, 3.63) is 89.9 Å². The molecule has 31 heavy (non-hydrogen) atoms. The van der Waals surface area contributed by atoms with Crippen molar-refractivity contribution in [3.63, 3.8) is 0 Å². The highest BCUT2D eigenvalue weighted by Crippen LogP contribution is 2.36. The molecule has 1 N–H and O–H groups in total. The first-order valence-corrected chi connectivity index (χ1v) is 9.46. The average molecular weight is 418 g/mol. The van der Waals surface area contributed by atoms with E-state index >= 15 is 0 Å². The molecule has 0 saturated heterocycles. The van der Waals surface area contributed by atoms with Crippen LogP contribution in [0.25, 0.3) is 5.57 Å². The number of ether oxygens (including phenoxy) is 2. The lowest BCUT2D eigenvalue weighted by atomic mass is 10.0. The molecule has 156 valence electrons. The smallest absolute Gasteiger partial charge is 0.282 e. The highest BCUT2D eigenvalue weighted by atomic mass is 19.1. The van der Waals surface area contributed by atoms with Gasteiger partial charge in [-0.15, -0.1) is 0 Å². The molecule has 2 amide bonds. The van der Waals surface area contributed by atoms with Gasteiger partial charge >= 0.3 is 0 Å². The van der Waals surface area contributed by atoms with Crippen LogP contribution in [0.2, 0.25) is 0 Å². The summed E-state index contributed by atoms with van der Waals surface area (Å²) in [7, 11) is 3.03. The van der Waals surface area contributed by atoms with Gasteiger partial charge < -0.3 is 14.8 Å². The Morgan fingerprint density at radius 2 is 1.55 bits per heavy atom. The zero-order chi connectivity index (χ0) is 22.0. The molecule has 0 bridgehead atoms. The van der Waals surface area contributed by atoms with Crippen molar-refractivity contribution < 1.29 is 23.5 Å². The molecule has 4 rings (SSSR count). The van der Waals surface area contributed by atoms with Gasteiger partial charge in [-0.3, -0.25) is 9.59 Å². The van der Waals surface area contributed by atoms with Crippen LogP contribution in [0.5, 0.6) is 11.5 Å². The Balaban J connectivity index is 1.83. The molecule has 0 spiro atoms. The Labute approximate surface area is 178 Å². The van der Waals surface area contributed by atoms with Gasteiger partial charge in [0.05, 0.1) is 31.2 Å². The molecule has 3 aromatic rings. The van der Waals surface area contributed by atoms with Crippen LogP contribution in [-0.4, -0.2) is 26.0 Å². The number of halogens is 1. The van der Waals surface area contributed by atoms with E-state index in [4.69, 9.17) is 9.47 Å². The summed E-state index contributed by atoms with van der Waals surface area (Å²) in [6, 6.07) is 19.1. The fourth-order valence-electron chi connectivity index (χ4n) is 3.38. The van der Waals surface area contributed by atoms with Gasteiger partial charge in [0.2, 0.25) is 0 Å². The number of para-hydroxylation sites is 1. The molecule has 0 aliphatic carbocycles. The van der Waals surface area contributed by atoms with Crippen molar-refractivity contribution in [2.75, 3.05) is 24.4 Å². The van der Waals surface area contributed by atoms with Crippen LogP contribution in [0, 0.1) is 5.82 Å². The summed E-state index contributed by atoms with van der Waals surface area (Å²) in [5, 5.41) is 3.05. The molecule has 6 nitrogen and oxygen atoms in total. The second-order valence-corrected chi connectivity index (χ2v) is 6.73. The number of carbonyl (C=O) groups excluding carboxylic acids is 2. The second kappa shape index (κ2) is 8.31. The monoisotopic (exact) mass is 418 g/mol. The third-order valence-corrected chi connectivity index (χ3v) is 4.90. The van der Waals surface area contributed by atoms with E-state index in [1.165, 1.54) is 38.5 Å². The fraction of sp³-hybridized carbons (Fsp3) is 0.0833. The summed E-state index contributed by atoms with van der Waals surface area (Å²) in [4.78, 5) is 27.8. The number of benzene rings is 3. The molecular formula is C24H19FN2O4. The number of nitrogens with zero attached hydrogens (tertiary/aromatic N) is 1. The van der Waals surface area contributed by atoms with Crippen LogP contribution < -0.4 is 19.7 Å². The molecular weight excluding hydrogens is 399 g/mol. The SMILES string of the molecule is COc1ccc(NC2=C(c3ccc(F)cc3)C(=O)N(c3ccccc3)C2=O)c(OC)c1. The van der Waals surface area contributed by atoms with Gasteiger partial charge in [-0.25, -0.2) is 9.29 Å². The summed E-state index contributed by atoms with van der Waals surface area (Å²) >= 11 is 0. The number of rotatable bonds is 6. The largest absolute Gasteiger partial charge is 0.497 e. The van der Waals surface area contributed by atoms with Crippen molar-refractivity contribution in [3.8, 4) is 11.5 Å². The standard InChI is InChI=1S/C24H19FN2O4/c1-30-18-12-13-19(20(14-18)31-2)26-22-21(15-8-10-16(25)11-9-15)23(28)27(24(22)29)17-6-4-3-5-7-17/h3-14,26H,1-2H3. The lowest BCUT2D eigenvalue weighted by molar-refractivity contribution is -0.120. The molecule has 1 aliphatic rings. The number of carbonyl (C=O) groups is 2. The molecule has 0 fully saturated rings. The van der Waals surface area contributed by atoms with Crippen LogP contribution in [0.1, 0.15) is 5.56 Å². The summed E-state index contributed by atoms with van der Waals surface area (Å²) in [6.45, 7) is 0. The minimum atomic E-state index is -0.520. The van der Waals surface area contributed by atoms with Gasteiger partial charge in [-0.05, 0) is 42.0 Å². The maximum Gasteiger partial charge on any atom is 0.282 e. The van der Waals surface area contributed by atoms with Crippen molar-refractivity contribution >= 4 is 28.8 Å². The maximum atomic E-state index is 13.5. The lowest BCUT2D eigenvalue weighted by Crippen LogP contribution is -2.32. The van der Waals surface area contributed by atoms with E-state index in [1.807, 2.05) is 0 Å². The molecule has 0 atom stereocenters. The number of anilines is 2. The number of hydrogen-bond acceptors (Lipinski definition) is 5. The summed E-state index contributed by atoms with van der Waals surface area (Å²) in [5.74, 6) is -0.447. The second-order valence-electron chi connectivity index (χ2n) is 6.73. The first-order chi connectivity index (χ1) is 15.0. The summed E-state index contributed by atoms with van der Waals surface area (Å²) in [5.41, 5.74) is 1.56. The van der Waals surface area contributed by atoms with Crippen molar-refractivity contribution in [2.24, 2.45) is 0 Å². The predicted octanol–water partition coefficient (Wildman–Crippen LogP) is 4.24. The number of nitrogens with one attached hydrogen (secondary N) is 1. The molecule has 3 aromatic carbocycles. The Bertz CT molecular complexity index is 1170. The van der Waals surface area contributed by atoms with E-state index in [9.17, 15) is 14.0 Å². The Kier molecular flexibility index (Phi) is 5.41. The van der Waals surface area contributed by atoms with Crippen LogP contribution in [-0.2, 0) is 9.59 Å². The Morgan fingerprint density at radius 1 is 0.839 bits per heavy atom. The van der Waals surface area contributed by atoms with Crippen LogP contribution in [0.15, 0.2) is 78.5 Å². The highest BCUT2D eigenvalue weighted by molar-refractivity contribution is 6.46. The third-order valence-electron chi connectivity index (χ3n) is 4.90. The predicted molar refractivity (Wildman–Crippen MR) is 115 cm³/mol. The quantitative estimate of drug-likeness (QED) is 0.607. The maximum absolute atomic E-state index is 13.5. The summed E-state index contributed by atoms with van der Waals surface area (Å²) in [6.07, 6.45) is 0. The number of hydrogen-bond donors (Lipinski definition) is 1. The average Bonchev–Trinajstić information content (AvgIpc) is 3.04. The van der Waals surface area contributed by atoms with E-state index in [1.54, 1.807) is 48.5 Å². The van der Waals surface area contributed by atoms with E-state index in [-0.39, 0.29) is 11.3 Å². The van der Waals surface area contributed by atoms with Gasteiger partial charge in [-0.1, -0.05) is 30.3 Å². The molecule has 0 aromatic heterocycles. The first-order valence-electron chi connectivity index (χ1n) is 9.46. The molecule has 0 radical (unpaired) electrons. The zero-order valence-electron chi connectivity index (χ0n) is 16.9. The van der Waals surface area contributed by atoms with Crippen LogP contribution in [0.3, 0.4) is 0 Å². The number of amides is 2. The van der Waals surface area contributed by atoms with Gasteiger partial charge in [0.15, 0.2) is 0 Å². The van der Waals surface area contributed by atoms with Crippen molar-refractivity contribution in [2.45, 2.75) is 0 Å². The van der Waals surface area contributed by atoms with E-state index in [2.05, 4.69) is 5.32 Å². The number of methoxy groups -OCH3 is 2. The van der Waals surface area contributed by atoms with Gasteiger partial charge in [0, 0.05) is 6.07 Å². The van der Waals surface area contributed by atoms with Crippen molar-refractivity contribution in [1.29, 1.82) is 0 Å². The molecule has 1 aliphatic heterocycles. The van der Waals surface area contributed by atoms with Gasteiger partial charge in [-0.2, -0.15) is 0 Å². The first kappa shape index (κ1) is 20.2. The van der Waals surface area contributed by atoms with Crippen LogP contribution in [0.4, 0.5) is 15.8 Å². The van der Waals surface area contributed by atoms with E-state index in [0.717, 1.165) is 4.90 Å². The summed E-state index contributed by atoms with van der Waals surface area (Å²) < 4.78 is 24.1. The molecule has 1 heterocycles. The third kappa shape index (κ3) is 3.73. The van der Waals surface area contributed by atoms with E-state index < -0.39 is 17.6 Å². The van der Waals surface area contributed by atoms with Gasteiger partial charge in [0.25, 0.3) is 11.8 Å². The van der Waals surface area contributed by atoms with E-state index in [0.29, 0.717) is 28.4 Å².